The van der Waals surface area contributed by atoms with Gasteiger partial charge in [-0.05, 0) is 60.7 Å². The third kappa shape index (κ3) is 4.26. The van der Waals surface area contributed by atoms with Crippen LogP contribution in [0.4, 0.5) is 0 Å². The molecule has 5 nitrogen and oxygen atoms in total. The molecule has 138 valence electrons. The quantitative estimate of drug-likeness (QED) is 0.735. The highest BCUT2D eigenvalue weighted by molar-refractivity contribution is 5.92. The van der Waals surface area contributed by atoms with E-state index in [2.05, 4.69) is 40.2 Å². The lowest BCUT2D eigenvalue weighted by molar-refractivity contribution is 0.1000. The second-order valence-corrected chi connectivity index (χ2v) is 7.29. The summed E-state index contributed by atoms with van der Waals surface area (Å²) in [6.45, 7) is 3.18. The van der Waals surface area contributed by atoms with Gasteiger partial charge >= 0.3 is 0 Å². The summed E-state index contributed by atoms with van der Waals surface area (Å²) in [4.78, 5) is 18.0. The van der Waals surface area contributed by atoms with E-state index in [9.17, 15) is 4.79 Å². The Morgan fingerprint density at radius 3 is 2.74 bits per heavy atom. The zero-order chi connectivity index (χ0) is 18.6. The van der Waals surface area contributed by atoms with Gasteiger partial charge in [0.25, 0.3) is 0 Å². The number of nitrogens with two attached hydrogens (primary N) is 1. The Balaban J connectivity index is 1.33. The van der Waals surface area contributed by atoms with Gasteiger partial charge in [0.2, 0.25) is 5.91 Å². The molecule has 1 aliphatic heterocycles. The van der Waals surface area contributed by atoms with Crippen LogP contribution in [0.5, 0.6) is 0 Å². The van der Waals surface area contributed by atoms with Crippen LogP contribution in [-0.4, -0.2) is 33.4 Å². The molecule has 27 heavy (non-hydrogen) atoms. The Bertz CT molecular complexity index is 902. The van der Waals surface area contributed by atoms with Crippen LogP contribution >= 0.6 is 0 Å². The molecule has 1 aromatic heterocycles. The smallest absolute Gasteiger partial charge is 0.248 e. The summed E-state index contributed by atoms with van der Waals surface area (Å²) in [5.41, 5.74) is 9.64. The van der Waals surface area contributed by atoms with Crippen LogP contribution in [0.15, 0.2) is 67.3 Å². The fraction of sp³-hybridized carbons (Fsp3) is 0.273. The lowest BCUT2D eigenvalue weighted by atomic mass is 9.97. The fourth-order valence-electron chi connectivity index (χ4n) is 3.85. The lowest BCUT2D eigenvalue weighted by Gasteiger charge is -2.16. The summed E-state index contributed by atoms with van der Waals surface area (Å²) in [7, 11) is 0. The first kappa shape index (κ1) is 17.5. The number of amides is 1. The monoisotopic (exact) mass is 360 g/mol. The number of carbonyl (C=O) groups is 1. The summed E-state index contributed by atoms with van der Waals surface area (Å²) in [6.07, 6.45) is 7.74. The number of rotatable bonds is 6. The van der Waals surface area contributed by atoms with Crippen LogP contribution in [0.1, 0.15) is 27.9 Å². The molecule has 1 atom stereocenters. The summed E-state index contributed by atoms with van der Waals surface area (Å²) in [5, 5.41) is 0. The van der Waals surface area contributed by atoms with Crippen molar-refractivity contribution in [2.75, 3.05) is 13.1 Å². The molecule has 1 saturated heterocycles. The number of carbonyl (C=O) groups excluding carboxylic acids is 1. The molecule has 0 radical (unpaired) electrons. The van der Waals surface area contributed by atoms with E-state index in [1.54, 1.807) is 12.3 Å². The largest absolute Gasteiger partial charge is 0.366 e. The van der Waals surface area contributed by atoms with Crippen molar-refractivity contribution in [2.45, 2.75) is 19.4 Å². The van der Waals surface area contributed by atoms with Gasteiger partial charge in [-0.1, -0.05) is 24.3 Å². The number of nitrogens with zero attached hydrogens (tertiary/aromatic N) is 3. The van der Waals surface area contributed by atoms with E-state index < -0.39 is 0 Å². The number of likely N-dealkylation sites (tertiary alicyclic amines) is 1. The van der Waals surface area contributed by atoms with Gasteiger partial charge in [-0.2, -0.15) is 0 Å². The lowest BCUT2D eigenvalue weighted by Crippen LogP contribution is -2.20. The summed E-state index contributed by atoms with van der Waals surface area (Å²) in [5.74, 6) is 0.266. The van der Waals surface area contributed by atoms with Crippen molar-refractivity contribution in [3.63, 3.8) is 0 Å². The highest BCUT2D eigenvalue weighted by Gasteiger charge is 2.22. The standard InChI is InChI=1S/C22H24N4O/c23-22(27)20-3-1-2-18(13-20)12-19-8-10-25(15-19)14-17-4-6-21(7-5-17)26-11-9-24-16-26/h1-7,9,11,13,16,19H,8,10,12,14-15H2,(H2,23,27). The van der Waals surface area contributed by atoms with Crippen molar-refractivity contribution in [1.29, 1.82) is 0 Å². The van der Waals surface area contributed by atoms with Crippen LogP contribution in [-0.2, 0) is 13.0 Å². The number of aromatic nitrogens is 2. The molecule has 1 fully saturated rings. The third-order valence-electron chi connectivity index (χ3n) is 5.25. The maximum atomic E-state index is 11.4. The van der Waals surface area contributed by atoms with E-state index >= 15 is 0 Å². The van der Waals surface area contributed by atoms with Gasteiger partial charge in [0.1, 0.15) is 0 Å². The highest BCUT2D eigenvalue weighted by atomic mass is 16.1. The van der Waals surface area contributed by atoms with Crippen LogP contribution in [0, 0.1) is 5.92 Å². The van der Waals surface area contributed by atoms with Crippen molar-refractivity contribution in [3.05, 3.63) is 83.9 Å². The van der Waals surface area contributed by atoms with Gasteiger partial charge in [-0.25, -0.2) is 4.98 Å². The van der Waals surface area contributed by atoms with Gasteiger partial charge in [0.05, 0.1) is 6.33 Å². The number of imidazole rings is 1. The van der Waals surface area contributed by atoms with Crippen LogP contribution in [0.3, 0.4) is 0 Å². The first-order valence-electron chi connectivity index (χ1n) is 9.36. The molecular weight excluding hydrogens is 336 g/mol. The molecule has 1 aliphatic rings. The third-order valence-corrected chi connectivity index (χ3v) is 5.25. The first-order valence-corrected chi connectivity index (χ1v) is 9.36. The maximum absolute atomic E-state index is 11.4. The van der Waals surface area contributed by atoms with E-state index in [-0.39, 0.29) is 5.91 Å². The minimum absolute atomic E-state index is 0.357. The number of hydrogen-bond donors (Lipinski definition) is 1. The first-order chi connectivity index (χ1) is 13.2. The normalized spacial score (nSPS) is 17.3. The van der Waals surface area contributed by atoms with E-state index in [0.717, 1.165) is 31.7 Å². The molecule has 1 amide bonds. The Labute approximate surface area is 159 Å². The molecule has 0 spiro atoms. The molecule has 4 rings (SSSR count). The van der Waals surface area contributed by atoms with Crippen molar-refractivity contribution in [1.82, 2.24) is 14.5 Å². The average molecular weight is 360 g/mol. The van der Waals surface area contributed by atoms with Gasteiger partial charge < -0.3 is 10.3 Å². The van der Waals surface area contributed by atoms with Gasteiger partial charge in [-0.3, -0.25) is 9.69 Å². The molecule has 3 aromatic rings. The van der Waals surface area contributed by atoms with Crippen molar-refractivity contribution >= 4 is 5.91 Å². The van der Waals surface area contributed by atoms with Crippen LogP contribution in [0.25, 0.3) is 5.69 Å². The Morgan fingerprint density at radius 1 is 1.15 bits per heavy atom. The van der Waals surface area contributed by atoms with Crippen molar-refractivity contribution in [2.24, 2.45) is 11.7 Å². The Morgan fingerprint density at radius 2 is 2.00 bits per heavy atom. The summed E-state index contributed by atoms with van der Waals surface area (Å²) < 4.78 is 2.01. The molecule has 5 heteroatoms. The Kier molecular flexibility index (Phi) is 5.03. The predicted octanol–water partition coefficient (Wildman–Crippen LogP) is 3.04. The number of benzene rings is 2. The second-order valence-electron chi connectivity index (χ2n) is 7.29. The molecule has 1 unspecified atom stereocenters. The maximum Gasteiger partial charge on any atom is 0.248 e. The SMILES string of the molecule is NC(=O)c1cccc(CC2CCN(Cc3ccc(-n4ccnc4)cc3)C2)c1. The second kappa shape index (κ2) is 7.76. The topological polar surface area (TPSA) is 64.2 Å². The summed E-state index contributed by atoms with van der Waals surface area (Å²) in [6, 6.07) is 16.4. The average Bonchev–Trinajstić information content (AvgIpc) is 3.35. The fourth-order valence-corrected chi connectivity index (χ4v) is 3.85. The van der Waals surface area contributed by atoms with Crippen molar-refractivity contribution in [3.8, 4) is 5.69 Å². The Hall–Kier alpha value is -2.92. The summed E-state index contributed by atoms with van der Waals surface area (Å²) >= 11 is 0. The van der Waals surface area contributed by atoms with Crippen molar-refractivity contribution < 1.29 is 4.79 Å². The molecule has 2 heterocycles. The van der Waals surface area contributed by atoms with Crippen LogP contribution < -0.4 is 5.73 Å². The molecule has 0 bridgehead atoms. The number of hydrogen-bond acceptors (Lipinski definition) is 3. The minimum Gasteiger partial charge on any atom is -0.366 e. The predicted molar refractivity (Wildman–Crippen MR) is 106 cm³/mol. The molecule has 2 aromatic carbocycles. The number of primary amides is 1. The molecule has 0 saturated carbocycles. The van der Waals surface area contributed by atoms with E-state index in [4.69, 9.17) is 5.73 Å². The molecular formula is C22H24N4O. The van der Waals surface area contributed by atoms with Gasteiger partial charge in [0, 0.05) is 36.7 Å². The van der Waals surface area contributed by atoms with Gasteiger partial charge in [0.15, 0.2) is 0 Å². The van der Waals surface area contributed by atoms with Crippen LogP contribution in [0.2, 0.25) is 0 Å². The van der Waals surface area contributed by atoms with E-state index in [1.807, 2.05) is 29.2 Å². The molecule has 0 aliphatic carbocycles. The zero-order valence-electron chi connectivity index (χ0n) is 15.3. The van der Waals surface area contributed by atoms with Gasteiger partial charge in [-0.15, -0.1) is 0 Å². The van der Waals surface area contributed by atoms with E-state index in [1.165, 1.54) is 17.5 Å². The minimum atomic E-state index is -0.357. The zero-order valence-corrected chi connectivity index (χ0v) is 15.3. The molecule has 2 N–H and O–H groups in total. The highest BCUT2D eigenvalue weighted by Crippen LogP contribution is 2.23. The van der Waals surface area contributed by atoms with E-state index in [0.29, 0.717) is 11.5 Å².